The SMILES string of the molecule is CCOc1ccc(NC(=O)C(C)(C)c2ccccc2)cc1. The molecule has 21 heavy (non-hydrogen) atoms. The summed E-state index contributed by atoms with van der Waals surface area (Å²) in [6.45, 7) is 6.42. The maximum atomic E-state index is 12.5. The summed E-state index contributed by atoms with van der Waals surface area (Å²) < 4.78 is 5.39. The van der Waals surface area contributed by atoms with Crippen LogP contribution in [0.5, 0.6) is 5.75 Å². The Bertz CT molecular complexity index is 588. The normalized spacial score (nSPS) is 11.0. The third-order valence-corrected chi connectivity index (χ3v) is 3.49. The lowest BCUT2D eigenvalue weighted by molar-refractivity contribution is -0.120. The van der Waals surface area contributed by atoms with Crippen LogP contribution >= 0.6 is 0 Å². The number of carbonyl (C=O) groups excluding carboxylic acids is 1. The van der Waals surface area contributed by atoms with Gasteiger partial charge in [0.2, 0.25) is 5.91 Å². The number of hydrogen-bond donors (Lipinski definition) is 1. The van der Waals surface area contributed by atoms with Gasteiger partial charge in [-0.15, -0.1) is 0 Å². The van der Waals surface area contributed by atoms with E-state index in [1.54, 1.807) is 0 Å². The van der Waals surface area contributed by atoms with Crippen molar-refractivity contribution in [3.63, 3.8) is 0 Å². The van der Waals surface area contributed by atoms with E-state index >= 15 is 0 Å². The number of benzene rings is 2. The average Bonchev–Trinajstić information content (AvgIpc) is 2.50. The Balaban J connectivity index is 2.10. The number of carbonyl (C=O) groups is 1. The van der Waals surface area contributed by atoms with E-state index in [9.17, 15) is 4.79 Å². The highest BCUT2D eigenvalue weighted by Gasteiger charge is 2.29. The van der Waals surface area contributed by atoms with E-state index in [1.807, 2.05) is 75.4 Å². The van der Waals surface area contributed by atoms with Crippen LogP contribution in [0.25, 0.3) is 0 Å². The molecular weight excluding hydrogens is 262 g/mol. The van der Waals surface area contributed by atoms with Gasteiger partial charge in [0.05, 0.1) is 12.0 Å². The molecule has 0 aromatic heterocycles. The number of ether oxygens (including phenoxy) is 1. The minimum absolute atomic E-state index is 0.0298. The van der Waals surface area contributed by atoms with Gasteiger partial charge in [-0.05, 0) is 50.6 Å². The summed E-state index contributed by atoms with van der Waals surface area (Å²) in [5.74, 6) is 0.774. The Morgan fingerprint density at radius 1 is 1.05 bits per heavy atom. The van der Waals surface area contributed by atoms with E-state index < -0.39 is 5.41 Å². The first-order valence-electron chi connectivity index (χ1n) is 7.14. The second-order valence-corrected chi connectivity index (χ2v) is 5.40. The maximum Gasteiger partial charge on any atom is 0.234 e. The van der Waals surface area contributed by atoms with Gasteiger partial charge in [-0.25, -0.2) is 0 Å². The summed E-state index contributed by atoms with van der Waals surface area (Å²) in [4.78, 5) is 12.5. The van der Waals surface area contributed by atoms with Crippen LogP contribution in [-0.2, 0) is 10.2 Å². The summed E-state index contributed by atoms with van der Waals surface area (Å²) in [5, 5.41) is 2.96. The molecule has 0 aliphatic heterocycles. The summed E-state index contributed by atoms with van der Waals surface area (Å²) in [6.07, 6.45) is 0. The van der Waals surface area contributed by atoms with Gasteiger partial charge in [0, 0.05) is 5.69 Å². The number of nitrogens with one attached hydrogen (secondary N) is 1. The monoisotopic (exact) mass is 283 g/mol. The molecule has 0 aliphatic carbocycles. The lowest BCUT2D eigenvalue weighted by Gasteiger charge is -2.24. The Morgan fingerprint density at radius 3 is 2.24 bits per heavy atom. The number of anilines is 1. The van der Waals surface area contributed by atoms with Crippen LogP contribution in [0.15, 0.2) is 54.6 Å². The fourth-order valence-corrected chi connectivity index (χ4v) is 2.07. The van der Waals surface area contributed by atoms with Crippen LogP contribution in [0.3, 0.4) is 0 Å². The second kappa shape index (κ2) is 6.44. The Kier molecular flexibility index (Phi) is 4.63. The number of hydrogen-bond acceptors (Lipinski definition) is 2. The summed E-state index contributed by atoms with van der Waals surface area (Å²) >= 11 is 0. The highest BCUT2D eigenvalue weighted by atomic mass is 16.5. The van der Waals surface area contributed by atoms with Crippen LogP contribution in [0.2, 0.25) is 0 Å². The van der Waals surface area contributed by atoms with Gasteiger partial charge in [-0.1, -0.05) is 30.3 Å². The molecule has 0 saturated heterocycles. The molecule has 0 saturated carbocycles. The van der Waals surface area contributed by atoms with Crippen molar-refractivity contribution in [2.75, 3.05) is 11.9 Å². The van der Waals surface area contributed by atoms with E-state index in [2.05, 4.69) is 5.32 Å². The van der Waals surface area contributed by atoms with Crippen molar-refractivity contribution in [3.05, 3.63) is 60.2 Å². The van der Waals surface area contributed by atoms with Gasteiger partial charge in [-0.3, -0.25) is 4.79 Å². The highest BCUT2D eigenvalue weighted by molar-refractivity contribution is 5.98. The van der Waals surface area contributed by atoms with Crippen molar-refractivity contribution in [1.29, 1.82) is 0 Å². The van der Waals surface area contributed by atoms with Crippen molar-refractivity contribution in [3.8, 4) is 5.75 Å². The predicted molar refractivity (Wildman–Crippen MR) is 85.7 cm³/mol. The van der Waals surface area contributed by atoms with E-state index in [4.69, 9.17) is 4.74 Å². The van der Waals surface area contributed by atoms with Crippen LogP contribution in [0.4, 0.5) is 5.69 Å². The zero-order valence-corrected chi connectivity index (χ0v) is 12.7. The third-order valence-electron chi connectivity index (χ3n) is 3.49. The fraction of sp³-hybridized carbons (Fsp3) is 0.278. The minimum atomic E-state index is -0.583. The molecule has 3 heteroatoms. The first-order valence-corrected chi connectivity index (χ1v) is 7.14. The molecule has 0 aliphatic rings. The first kappa shape index (κ1) is 15.1. The van der Waals surface area contributed by atoms with Crippen LogP contribution in [0, 0.1) is 0 Å². The fourth-order valence-electron chi connectivity index (χ4n) is 2.07. The Labute approximate surface area is 126 Å². The third kappa shape index (κ3) is 3.63. The van der Waals surface area contributed by atoms with Crippen LogP contribution < -0.4 is 10.1 Å². The van der Waals surface area contributed by atoms with Crippen molar-refractivity contribution in [2.24, 2.45) is 0 Å². The molecule has 1 amide bonds. The smallest absolute Gasteiger partial charge is 0.234 e. The molecule has 0 radical (unpaired) electrons. The molecule has 2 aromatic rings. The predicted octanol–water partition coefficient (Wildman–Crippen LogP) is 4.00. The topological polar surface area (TPSA) is 38.3 Å². The van der Waals surface area contributed by atoms with E-state index in [0.717, 1.165) is 17.0 Å². The van der Waals surface area contributed by atoms with Crippen LogP contribution in [0.1, 0.15) is 26.3 Å². The van der Waals surface area contributed by atoms with Gasteiger partial charge in [-0.2, -0.15) is 0 Å². The van der Waals surface area contributed by atoms with Crippen molar-refractivity contribution < 1.29 is 9.53 Å². The molecule has 110 valence electrons. The largest absolute Gasteiger partial charge is 0.494 e. The Hall–Kier alpha value is -2.29. The lowest BCUT2D eigenvalue weighted by atomic mass is 9.83. The molecule has 2 aromatic carbocycles. The van der Waals surface area contributed by atoms with Crippen molar-refractivity contribution in [2.45, 2.75) is 26.2 Å². The molecule has 2 rings (SSSR count). The van der Waals surface area contributed by atoms with Gasteiger partial charge < -0.3 is 10.1 Å². The standard InChI is InChI=1S/C18H21NO2/c1-4-21-16-12-10-15(11-13-16)19-17(20)18(2,3)14-8-6-5-7-9-14/h5-13H,4H2,1-3H3,(H,19,20). The van der Waals surface area contributed by atoms with Gasteiger partial charge in [0.15, 0.2) is 0 Å². The molecule has 1 N–H and O–H groups in total. The van der Waals surface area contributed by atoms with E-state index in [-0.39, 0.29) is 5.91 Å². The molecule has 0 unspecified atom stereocenters. The van der Waals surface area contributed by atoms with Gasteiger partial charge >= 0.3 is 0 Å². The molecule has 0 heterocycles. The van der Waals surface area contributed by atoms with E-state index in [1.165, 1.54) is 0 Å². The first-order chi connectivity index (χ1) is 10.0. The Morgan fingerprint density at radius 2 is 1.67 bits per heavy atom. The van der Waals surface area contributed by atoms with E-state index in [0.29, 0.717) is 6.61 Å². The zero-order chi connectivity index (χ0) is 15.3. The summed E-state index contributed by atoms with van der Waals surface area (Å²) in [6, 6.07) is 17.2. The van der Waals surface area contributed by atoms with Gasteiger partial charge in [0.25, 0.3) is 0 Å². The van der Waals surface area contributed by atoms with Gasteiger partial charge in [0.1, 0.15) is 5.75 Å². The summed E-state index contributed by atoms with van der Waals surface area (Å²) in [5.41, 5.74) is 1.18. The second-order valence-electron chi connectivity index (χ2n) is 5.40. The quantitative estimate of drug-likeness (QED) is 0.900. The lowest BCUT2D eigenvalue weighted by Crippen LogP contribution is -2.34. The zero-order valence-electron chi connectivity index (χ0n) is 12.7. The summed E-state index contributed by atoms with van der Waals surface area (Å²) in [7, 11) is 0. The molecule has 3 nitrogen and oxygen atoms in total. The molecular formula is C18H21NO2. The molecule has 0 bridgehead atoms. The number of amides is 1. The molecule has 0 fully saturated rings. The van der Waals surface area contributed by atoms with Crippen LogP contribution in [-0.4, -0.2) is 12.5 Å². The average molecular weight is 283 g/mol. The number of rotatable bonds is 5. The molecule has 0 atom stereocenters. The van der Waals surface area contributed by atoms with Crippen molar-refractivity contribution >= 4 is 11.6 Å². The molecule has 0 spiro atoms. The highest BCUT2D eigenvalue weighted by Crippen LogP contribution is 2.25. The minimum Gasteiger partial charge on any atom is -0.494 e. The van der Waals surface area contributed by atoms with Crippen molar-refractivity contribution in [1.82, 2.24) is 0 Å². The maximum absolute atomic E-state index is 12.5.